The van der Waals surface area contributed by atoms with Crippen molar-refractivity contribution in [3.8, 4) is 5.75 Å². The predicted molar refractivity (Wildman–Crippen MR) is 161 cm³/mol. The van der Waals surface area contributed by atoms with Gasteiger partial charge in [0, 0.05) is 17.6 Å². The van der Waals surface area contributed by atoms with Gasteiger partial charge in [-0.25, -0.2) is 8.42 Å². The number of carbonyl (C=O) groups excluding carboxylic acids is 2. The van der Waals surface area contributed by atoms with E-state index in [0.29, 0.717) is 37.4 Å². The van der Waals surface area contributed by atoms with Crippen LogP contribution in [-0.2, 0) is 26.0 Å². The molecular weight excluding hydrogens is 594 g/mol. The Kier molecular flexibility index (Phi) is 11.6. The van der Waals surface area contributed by atoms with Gasteiger partial charge in [-0.3, -0.25) is 13.9 Å². The molecule has 0 aliphatic rings. The number of halogens is 1. The van der Waals surface area contributed by atoms with E-state index in [1.54, 1.807) is 36.4 Å². The molecule has 3 aromatic carbocycles. The van der Waals surface area contributed by atoms with Crippen LogP contribution in [0.2, 0.25) is 0 Å². The van der Waals surface area contributed by atoms with Crippen molar-refractivity contribution in [2.24, 2.45) is 0 Å². The first kappa shape index (κ1) is 31.2. The molecule has 1 unspecified atom stereocenters. The number of hydrogen-bond donors (Lipinski definition) is 1. The zero-order chi connectivity index (χ0) is 29.1. The molecule has 0 fully saturated rings. The topological polar surface area (TPSA) is 96.0 Å². The van der Waals surface area contributed by atoms with Gasteiger partial charge in [0.2, 0.25) is 11.8 Å². The second kappa shape index (κ2) is 14.9. The molecular formula is C30H36BrN3O5S. The van der Waals surface area contributed by atoms with Gasteiger partial charge >= 0.3 is 0 Å². The van der Waals surface area contributed by atoms with Gasteiger partial charge in [-0.1, -0.05) is 53.2 Å². The largest absolute Gasteiger partial charge is 0.494 e. The van der Waals surface area contributed by atoms with Gasteiger partial charge in [-0.2, -0.15) is 0 Å². The Labute approximate surface area is 245 Å². The highest BCUT2D eigenvalue weighted by Crippen LogP contribution is 2.27. The Morgan fingerprint density at radius 3 is 2.15 bits per heavy atom. The summed E-state index contributed by atoms with van der Waals surface area (Å²) in [6.07, 6.45) is 0.903. The Morgan fingerprint density at radius 2 is 1.57 bits per heavy atom. The number of benzene rings is 3. The maximum absolute atomic E-state index is 14.0. The van der Waals surface area contributed by atoms with Crippen molar-refractivity contribution in [3.05, 3.63) is 88.9 Å². The molecule has 3 aromatic rings. The molecule has 1 N–H and O–H groups in total. The Bertz CT molecular complexity index is 1350. The average molecular weight is 631 g/mol. The Hall–Kier alpha value is -3.37. The smallest absolute Gasteiger partial charge is 0.264 e. The highest BCUT2D eigenvalue weighted by atomic mass is 79.9. The van der Waals surface area contributed by atoms with E-state index in [0.717, 1.165) is 14.3 Å². The standard InChI is InChI=1S/C30H36BrN3O5S/c1-4-28(30(36)32-5-2)33(21-20-23-10-8-7-9-11-23)29(35)22-34(25-14-16-26(17-15-25)39-6-3)40(37,38)27-18-12-24(31)13-19-27/h7-19,28H,4-6,20-22H2,1-3H3,(H,32,36). The van der Waals surface area contributed by atoms with E-state index >= 15 is 0 Å². The quantitative estimate of drug-likeness (QED) is 0.270. The van der Waals surface area contributed by atoms with Crippen LogP contribution in [0.5, 0.6) is 5.75 Å². The normalized spacial score (nSPS) is 11.9. The number of amides is 2. The fourth-order valence-corrected chi connectivity index (χ4v) is 6.00. The minimum Gasteiger partial charge on any atom is -0.494 e. The maximum atomic E-state index is 14.0. The first-order valence-electron chi connectivity index (χ1n) is 13.3. The molecule has 0 spiro atoms. The summed E-state index contributed by atoms with van der Waals surface area (Å²) in [5.74, 6) is -0.149. The van der Waals surface area contributed by atoms with Crippen LogP contribution in [0.3, 0.4) is 0 Å². The number of hydrogen-bond acceptors (Lipinski definition) is 5. The predicted octanol–water partition coefficient (Wildman–Crippen LogP) is 5.03. The van der Waals surface area contributed by atoms with Gasteiger partial charge in [-0.05, 0) is 80.8 Å². The summed E-state index contributed by atoms with van der Waals surface area (Å²) >= 11 is 3.34. The summed E-state index contributed by atoms with van der Waals surface area (Å²) in [5.41, 5.74) is 1.32. The van der Waals surface area contributed by atoms with Crippen LogP contribution in [0.4, 0.5) is 5.69 Å². The average Bonchev–Trinajstić information content (AvgIpc) is 2.95. The highest BCUT2D eigenvalue weighted by molar-refractivity contribution is 9.10. The summed E-state index contributed by atoms with van der Waals surface area (Å²) < 4.78 is 35.1. The first-order valence-corrected chi connectivity index (χ1v) is 15.6. The molecule has 0 aliphatic carbocycles. The van der Waals surface area contributed by atoms with Gasteiger partial charge in [0.15, 0.2) is 0 Å². The summed E-state index contributed by atoms with van der Waals surface area (Å²) in [6.45, 7) is 6.19. The lowest BCUT2D eigenvalue weighted by atomic mass is 10.1. The zero-order valence-corrected chi connectivity index (χ0v) is 25.4. The number of carbonyl (C=O) groups is 2. The molecule has 2 amide bonds. The van der Waals surface area contributed by atoms with Gasteiger partial charge in [-0.15, -0.1) is 0 Å². The SMILES string of the molecule is CCNC(=O)C(CC)N(CCc1ccccc1)C(=O)CN(c1ccc(OCC)cc1)S(=O)(=O)c1ccc(Br)cc1. The molecule has 0 aliphatic heterocycles. The van der Waals surface area contributed by atoms with Gasteiger partial charge in [0.1, 0.15) is 18.3 Å². The van der Waals surface area contributed by atoms with E-state index in [1.165, 1.54) is 17.0 Å². The number of nitrogens with one attached hydrogen (secondary N) is 1. The second-order valence-electron chi connectivity index (χ2n) is 9.03. The van der Waals surface area contributed by atoms with Crippen molar-refractivity contribution < 1.29 is 22.7 Å². The van der Waals surface area contributed by atoms with Crippen LogP contribution < -0.4 is 14.4 Å². The fraction of sp³-hybridized carbons (Fsp3) is 0.333. The highest BCUT2D eigenvalue weighted by Gasteiger charge is 2.33. The van der Waals surface area contributed by atoms with E-state index in [9.17, 15) is 18.0 Å². The minimum absolute atomic E-state index is 0.0454. The molecule has 0 heterocycles. The van der Waals surface area contributed by atoms with E-state index in [4.69, 9.17) is 4.74 Å². The van der Waals surface area contributed by atoms with Gasteiger partial charge in [0.05, 0.1) is 17.2 Å². The molecule has 40 heavy (non-hydrogen) atoms. The minimum atomic E-state index is -4.13. The maximum Gasteiger partial charge on any atom is 0.264 e. The summed E-state index contributed by atoms with van der Waals surface area (Å²) in [4.78, 5) is 28.5. The van der Waals surface area contributed by atoms with Crippen molar-refractivity contribution in [2.75, 3.05) is 30.5 Å². The third kappa shape index (κ3) is 8.08. The van der Waals surface area contributed by atoms with Crippen molar-refractivity contribution >= 4 is 43.5 Å². The third-order valence-electron chi connectivity index (χ3n) is 6.34. The fourth-order valence-electron chi connectivity index (χ4n) is 4.33. The molecule has 0 saturated carbocycles. The van der Waals surface area contributed by atoms with Crippen LogP contribution in [0.15, 0.2) is 88.2 Å². The summed E-state index contributed by atoms with van der Waals surface area (Å²) in [7, 11) is -4.13. The summed E-state index contributed by atoms with van der Waals surface area (Å²) in [6, 6.07) is 21.7. The summed E-state index contributed by atoms with van der Waals surface area (Å²) in [5, 5.41) is 2.81. The van der Waals surface area contributed by atoms with E-state index in [-0.39, 0.29) is 17.3 Å². The van der Waals surface area contributed by atoms with E-state index in [1.807, 2.05) is 51.1 Å². The lowest BCUT2D eigenvalue weighted by Gasteiger charge is -2.33. The van der Waals surface area contributed by atoms with E-state index < -0.39 is 28.5 Å². The molecule has 0 bridgehead atoms. The molecule has 3 rings (SSSR count). The molecule has 0 radical (unpaired) electrons. The lowest BCUT2D eigenvalue weighted by Crippen LogP contribution is -2.53. The van der Waals surface area contributed by atoms with Crippen molar-refractivity contribution in [2.45, 2.75) is 44.6 Å². The van der Waals surface area contributed by atoms with Crippen molar-refractivity contribution in [3.63, 3.8) is 0 Å². The second-order valence-corrected chi connectivity index (χ2v) is 11.8. The molecule has 8 nitrogen and oxygen atoms in total. The monoisotopic (exact) mass is 629 g/mol. The number of rotatable bonds is 14. The first-order chi connectivity index (χ1) is 19.2. The molecule has 0 saturated heterocycles. The van der Waals surface area contributed by atoms with E-state index in [2.05, 4.69) is 21.2 Å². The number of ether oxygens (including phenoxy) is 1. The van der Waals surface area contributed by atoms with Crippen LogP contribution >= 0.6 is 15.9 Å². The Balaban J connectivity index is 2.00. The Morgan fingerprint density at radius 1 is 0.925 bits per heavy atom. The van der Waals surface area contributed by atoms with Crippen LogP contribution in [-0.4, -0.2) is 57.4 Å². The third-order valence-corrected chi connectivity index (χ3v) is 8.65. The van der Waals surface area contributed by atoms with Gasteiger partial charge < -0.3 is 15.0 Å². The van der Waals surface area contributed by atoms with Crippen molar-refractivity contribution in [1.82, 2.24) is 10.2 Å². The van der Waals surface area contributed by atoms with Crippen molar-refractivity contribution in [1.29, 1.82) is 0 Å². The molecule has 1 atom stereocenters. The number of nitrogens with zero attached hydrogens (tertiary/aromatic N) is 2. The van der Waals surface area contributed by atoms with Gasteiger partial charge in [0.25, 0.3) is 10.0 Å². The molecule has 214 valence electrons. The lowest BCUT2D eigenvalue weighted by molar-refractivity contribution is -0.139. The zero-order valence-electron chi connectivity index (χ0n) is 23.0. The molecule has 0 aromatic heterocycles. The van der Waals surface area contributed by atoms with Crippen LogP contribution in [0.1, 0.15) is 32.8 Å². The van der Waals surface area contributed by atoms with Crippen LogP contribution in [0, 0.1) is 0 Å². The number of likely N-dealkylation sites (N-methyl/N-ethyl adjacent to an activating group) is 1. The number of anilines is 1. The molecule has 10 heteroatoms. The van der Waals surface area contributed by atoms with Crippen LogP contribution in [0.25, 0.3) is 0 Å². The number of sulfonamides is 1.